The topological polar surface area (TPSA) is 118 Å². The third kappa shape index (κ3) is 3.93. The fourth-order valence-corrected chi connectivity index (χ4v) is 1.38. The number of anilines is 1. The predicted octanol–water partition coefficient (Wildman–Crippen LogP) is -0.502. The Balaban J connectivity index is 2.67. The maximum atomic E-state index is 11.6. The smallest absolute Gasteiger partial charge is 0.251 e. The molecule has 0 aliphatic rings. The number of nitrogens with one attached hydrogen (secondary N) is 1. The average molecular weight is 258 g/mol. The summed E-state index contributed by atoms with van der Waals surface area (Å²) in [4.78, 5) is 22.1. The second kappa shape index (κ2) is 5.51. The van der Waals surface area contributed by atoms with Crippen LogP contribution in [0.4, 0.5) is 5.69 Å². The molecule has 0 saturated carbocycles. The summed E-state index contributed by atoms with van der Waals surface area (Å²) in [7, 11) is 0. The van der Waals surface area contributed by atoms with E-state index in [1.807, 2.05) is 0 Å². The van der Waals surface area contributed by atoms with E-state index in [0.29, 0.717) is 10.7 Å². The molecule has 1 aromatic rings. The molecule has 1 rings (SSSR count). The van der Waals surface area contributed by atoms with E-state index < -0.39 is 17.9 Å². The Kier molecular flexibility index (Phi) is 4.30. The van der Waals surface area contributed by atoms with E-state index in [4.69, 9.17) is 28.2 Å². The van der Waals surface area contributed by atoms with Crippen molar-refractivity contribution in [2.45, 2.75) is 6.10 Å². The lowest BCUT2D eigenvalue weighted by Gasteiger charge is -2.09. The lowest BCUT2D eigenvalue weighted by Crippen LogP contribution is -2.39. The molecule has 0 radical (unpaired) electrons. The van der Waals surface area contributed by atoms with Gasteiger partial charge in [-0.1, -0.05) is 11.6 Å². The molecule has 0 aromatic heterocycles. The summed E-state index contributed by atoms with van der Waals surface area (Å²) in [5.41, 5.74) is 10.9. The summed E-state index contributed by atoms with van der Waals surface area (Å²) in [5, 5.41) is 11.7. The Bertz CT molecular complexity index is 430. The molecule has 6 nitrogen and oxygen atoms in total. The van der Waals surface area contributed by atoms with Crippen LogP contribution in [0.2, 0.25) is 5.02 Å². The van der Waals surface area contributed by atoms with Crippen molar-refractivity contribution in [1.29, 1.82) is 0 Å². The maximum absolute atomic E-state index is 11.6. The van der Waals surface area contributed by atoms with Crippen molar-refractivity contribution in [3.8, 4) is 0 Å². The SMILES string of the molecule is NC(=O)C(O)CNC(=O)c1cc(N)cc(Cl)c1. The van der Waals surface area contributed by atoms with Gasteiger partial charge in [-0.15, -0.1) is 0 Å². The molecule has 6 N–H and O–H groups in total. The average Bonchev–Trinajstić information content (AvgIpc) is 2.23. The van der Waals surface area contributed by atoms with Gasteiger partial charge in [0.05, 0.1) is 6.54 Å². The Hall–Kier alpha value is -1.79. The van der Waals surface area contributed by atoms with E-state index >= 15 is 0 Å². The number of amides is 2. The van der Waals surface area contributed by atoms with E-state index in [9.17, 15) is 9.59 Å². The van der Waals surface area contributed by atoms with Gasteiger partial charge < -0.3 is 21.9 Å². The molecule has 0 heterocycles. The first-order chi connectivity index (χ1) is 7.90. The molecule has 1 aromatic carbocycles. The normalized spacial score (nSPS) is 11.9. The van der Waals surface area contributed by atoms with Crippen molar-refractivity contribution in [2.75, 3.05) is 12.3 Å². The number of nitrogens with two attached hydrogens (primary N) is 2. The van der Waals surface area contributed by atoms with Gasteiger partial charge in [0, 0.05) is 16.3 Å². The molecule has 17 heavy (non-hydrogen) atoms. The molecule has 0 fully saturated rings. The van der Waals surface area contributed by atoms with E-state index in [2.05, 4.69) is 5.32 Å². The van der Waals surface area contributed by atoms with Crippen molar-refractivity contribution in [3.63, 3.8) is 0 Å². The lowest BCUT2D eigenvalue weighted by molar-refractivity contribution is -0.125. The number of carbonyl (C=O) groups is 2. The van der Waals surface area contributed by atoms with Crippen LogP contribution in [-0.4, -0.2) is 29.6 Å². The Morgan fingerprint density at radius 3 is 2.59 bits per heavy atom. The highest BCUT2D eigenvalue weighted by molar-refractivity contribution is 6.31. The number of primary amides is 1. The lowest BCUT2D eigenvalue weighted by atomic mass is 10.2. The Morgan fingerprint density at radius 1 is 1.41 bits per heavy atom. The first kappa shape index (κ1) is 13.3. The van der Waals surface area contributed by atoms with E-state index in [1.54, 1.807) is 0 Å². The van der Waals surface area contributed by atoms with Crippen LogP contribution in [0.25, 0.3) is 0 Å². The van der Waals surface area contributed by atoms with Crippen LogP contribution in [-0.2, 0) is 4.79 Å². The molecule has 1 unspecified atom stereocenters. The number of benzene rings is 1. The van der Waals surface area contributed by atoms with Gasteiger partial charge >= 0.3 is 0 Å². The third-order valence-electron chi connectivity index (χ3n) is 1.97. The monoisotopic (exact) mass is 257 g/mol. The van der Waals surface area contributed by atoms with Crippen LogP contribution in [0.3, 0.4) is 0 Å². The zero-order valence-electron chi connectivity index (χ0n) is 8.81. The van der Waals surface area contributed by atoms with Gasteiger partial charge in [-0.05, 0) is 18.2 Å². The molecule has 0 spiro atoms. The molecule has 0 aliphatic heterocycles. The van der Waals surface area contributed by atoms with Gasteiger partial charge in [0.25, 0.3) is 5.91 Å². The molecule has 1 atom stereocenters. The number of carbonyl (C=O) groups excluding carboxylic acids is 2. The number of hydrogen-bond donors (Lipinski definition) is 4. The van der Waals surface area contributed by atoms with Gasteiger partial charge in [-0.2, -0.15) is 0 Å². The van der Waals surface area contributed by atoms with Gasteiger partial charge in [0.2, 0.25) is 5.91 Å². The molecule has 92 valence electrons. The van der Waals surface area contributed by atoms with Gasteiger partial charge in [0.15, 0.2) is 0 Å². The van der Waals surface area contributed by atoms with Crippen molar-refractivity contribution in [2.24, 2.45) is 5.73 Å². The minimum absolute atomic E-state index is 0.242. The summed E-state index contributed by atoms with van der Waals surface area (Å²) in [6.07, 6.45) is -1.42. The van der Waals surface area contributed by atoms with Crippen LogP contribution in [0.15, 0.2) is 18.2 Å². The molecular weight excluding hydrogens is 246 g/mol. The molecular formula is C10H12ClN3O3. The quantitative estimate of drug-likeness (QED) is 0.544. The first-order valence-corrected chi connectivity index (χ1v) is 5.09. The summed E-state index contributed by atoms with van der Waals surface area (Å²) >= 11 is 5.72. The highest BCUT2D eigenvalue weighted by atomic mass is 35.5. The first-order valence-electron chi connectivity index (χ1n) is 4.72. The minimum atomic E-state index is -1.42. The zero-order chi connectivity index (χ0) is 13.0. The molecule has 0 saturated heterocycles. The third-order valence-corrected chi connectivity index (χ3v) is 2.18. The Morgan fingerprint density at radius 2 is 2.06 bits per heavy atom. The summed E-state index contributed by atoms with van der Waals surface area (Å²) in [6, 6.07) is 4.35. The van der Waals surface area contributed by atoms with Crippen molar-refractivity contribution in [1.82, 2.24) is 5.32 Å². The van der Waals surface area contributed by atoms with Crippen molar-refractivity contribution in [3.05, 3.63) is 28.8 Å². The minimum Gasteiger partial charge on any atom is -0.399 e. The maximum Gasteiger partial charge on any atom is 0.251 e. The van der Waals surface area contributed by atoms with E-state index in [1.165, 1.54) is 18.2 Å². The molecule has 2 amide bonds. The number of halogens is 1. The second-order valence-electron chi connectivity index (χ2n) is 3.40. The number of rotatable bonds is 4. The van der Waals surface area contributed by atoms with Gasteiger partial charge in [0.1, 0.15) is 6.10 Å². The Labute approximate surface area is 103 Å². The van der Waals surface area contributed by atoms with E-state index in [-0.39, 0.29) is 12.1 Å². The molecule has 0 aliphatic carbocycles. The van der Waals surface area contributed by atoms with Crippen LogP contribution in [0.1, 0.15) is 10.4 Å². The van der Waals surface area contributed by atoms with Crippen LogP contribution < -0.4 is 16.8 Å². The van der Waals surface area contributed by atoms with Gasteiger partial charge in [-0.3, -0.25) is 9.59 Å². The molecule has 7 heteroatoms. The summed E-state index contributed by atoms with van der Waals surface area (Å²) in [6.45, 7) is -0.263. The molecule has 0 bridgehead atoms. The standard InChI is InChI=1S/C10H12ClN3O3/c11-6-1-5(2-7(12)3-6)10(17)14-4-8(15)9(13)16/h1-3,8,15H,4,12H2,(H2,13,16)(H,14,17). The van der Waals surface area contributed by atoms with Gasteiger partial charge in [-0.25, -0.2) is 0 Å². The second-order valence-corrected chi connectivity index (χ2v) is 3.84. The zero-order valence-corrected chi connectivity index (χ0v) is 9.57. The van der Waals surface area contributed by atoms with E-state index in [0.717, 1.165) is 0 Å². The number of nitrogen functional groups attached to an aromatic ring is 1. The summed E-state index contributed by atoms with van der Waals surface area (Å²) in [5.74, 6) is -1.41. The highest BCUT2D eigenvalue weighted by Gasteiger charge is 2.13. The van der Waals surface area contributed by atoms with Crippen molar-refractivity contribution < 1.29 is 14.7 Å². The van der Waals surface area contributed by atoms with Crippen molar-refractivity contribution >= 4 is 29.1 Å². The van der Waals surface area contributed by atoms with Crippen LogP contribution in [0.5, 0.6) is 0 Å². The number of aliphatic hydroxyl groups excluding tert-OH is 1. The fourth-order valence-electron chi connectivity index (χ4n) is 1.14. The predicted molar refractivity (Wildman–Crippen MR) is 63.4 cm³/mol. The number of hydrogen-bond acceptors (Lipinski definition) is 4. The summed E-state index contributed by atoms with van der Waals surface area (Å²) < 4.78 is 0. The number of aliphatic hydroxyl groups is 1. The van der Waals surface area contributed by atoms with Crippen LogP contribution in [0, 0.1) is 0 Å². The van der Waals surface area contributed by atoms with Crippen LogP contribution >= 0.6 is 11.6 Å². The largest absolute Gasteiger partial charge is 0.399 e. The fraction of sp³-hybridized carbons (Fsp3) is 0.200. The highest BCUT2D eigenvalue weighted by Crippen LogP contribution is 2.16.